The zero-order valence-electron chi connectivity index (χ0n) is 28.0. The maximum Gasteiger partial charge on any atom is 0.905 e. The monoisotopic (exact) mass is 650 g/mol. The highest BCUT2D eigenvalue weighted by molar-refractivity contribution is 6.42. The van der Waals surface area contributed by atoms with Crippen molar-refractivity contribution in [3.63, 3.8) is 0 Å². The molecule has 0 aliphatic heterocycles. The van der Waals surface area contributed by atoms with Crippen LogP contribution in [0.15, 0.2) is 0 Å². The normalized spacial score (nSPS) is 9.45. The van der Waals surface area contributed by atoms with Crippen molar-refractivity contribution in [2.75, 3.05) is 79.8 Å². The summed E-state index contributed by atoms with van der Waals surface area (Å²) in [5, 5.41) is 7.00. The lowest BCUT2D eigenvalue weighted by Crippen LogP contribution is -2.27. The van der Waals surface area contributed by atoms with Crippen molar-refractivity contribution in [2.24, 2.45) is 0 Å². The first-order valence-corrected chi connectivity index (χ1v) is 20.9. The minimum atomic E-state index is -1.73. The average Bonchev–Trinajstić information content (AvgIpc) is 2.93. The Labute approximate surface area is 267 Å². The Morgan fingerprint density at radius 2 is 0.425 bits per heavy atom. The summed E-state index contributed by atoms with van der Waals surface area (Å²) in [6.45, 7) is 29.1. The van der Waals surface area contributed by atoms with Gasteiger partial charge in [-0.25, -0.2) is 0 Å². The molecular weight excluding hydrogens is 588 g/mol. The maximum atomic E-state index is 7.00. The summed E-state index contributed by atoms with van der Waals surface area (Å²) in [7, 11) is 1.00. The number of hydrogen-bond donors (Lipinski definition) is 1. The van der Waals surface area contributed by atoms with E-state index in [2.05, 4.69) is 0 Å². The van der Waals surface area contributed by atoms with Crippen molar-refractivity contribution in [2.45, 2.75) is 81.9 Å². The Hall–Kier alpha value is 1.65. The van der Waals surface area contributed by atoms with Crippen molar-refractivity contribution >= 4 is 60.3 Å². The van der Waals surface area contributed by atoms with Gasteiger partial charge in [0.2, 0.25) is 0 Å². The van der Waals surface area contributed by atoms with Gasteiger partial charge < -0.3 is 46.8 Å². The van der Waals surface area contributed by atoms with Crippen molar-refractivity contribution in [1.29, 1.82) is 0 Å². The molecule has 0 aromatic carbocycles. The molecular formula is C24H62Al4O12. The van der Waals surface area contributed by atoms with E-state index in [9.17, 15) is 0 Å². The summed E-state index contributed by atoms with van der Waals surface area (Å²) in [5.41, 5.74) is 0. The maximum absolute atomic E-state index is 7.00. The SMILES string of the molecule is CC[O][Al]([CH3])[O]CC.CC[O][Al]([O]CC)[O]CC.CC[O][Al]([O]CC)[O]CC.CC[O][Al]([O]CC)[O]CC.CO. The molecule has 0 unspecified atom stereocenters. The second-order valence-electron chi connectivity index (χ2n) is 6.44. The first-order valence-electron chi connectivity index (χ1n) is 14.6. The van der Waals surface area contributed by atoms with Crippen LogP contribution in [-0.4, -0.2) is 145 Å². The lowest BCUT2D eigenvalue weighted by molar-refractivity contribution is 0.106. The lowest BCUT2D eigenvalue weighted by atomic mass is 10.9. The fraction of sp³-hybridized carbons (Fsp3) is 1.00. The van der Waals surface area contributed by atoms with Crippen molar-refractivity contribution in [3.8, 4) is 0 Å². The summed E-state index contributed by atoms with van der Waals surface area (Å²) in [6.07, 6.45) is 0. The van der Waals surface area contributed by atoms with E-state index in [-0.39, 0.29) is 0 Å². The standard InChI is InChI=1S/11C2H5O.CH4O.CH3.4Al/c11*1-2-3;1-2;;;;;/h11*2H2,1H3;2H,1H3;1H3;;;;/q11*-1;;;+2;3*+3. The number of hydrogen-bond acceptors (Lipinski definition) is 12. The third kappa shape index (κ3) is 49.3. The Morgan fingerprint density at radius 3 is 0.525 bits per heavy atom. The number of aliphatic hydroxyl groups excluding tert-OH is 1. The molecule has 0 atom stereocenters. The molecule has 0 aromatic rings. The molecule has 0 saturated carbocycles. The molecule has 0 aromatic heterocycles. The second-order valence-corrected chi connectivity index (χ2v) is 13.0. The highest BCUT2D eigenvalue weighted by Gasteiger charge is 2.29. The van der Waals surface area contributed by atoms with Crippen LogP contribution in [0.25, 0.3) is 0 Å². The topological polar surface area (TPSA) is 122 Å². The van der Waals surface area contributed by atoms with Gasteiger partial charge in [0.05, 0.1) is 0 Å². The Balaban J connectivity index is -0.000000134. The van der Waals surface area contributed by atoms with Gasteiger partial charge in [-0.2, -0.15) is 0 Å². The molecule has 242 valence electrons. The fourth-order valence-electron chi connectivity index (χ4n) is 2.18. The highest BCUT2D eigenvalue weighted by atomic mass is 27.3. The first-order chi connectivity index (χ1) is 19.3. The molecule has 40 heavy (non-hydrogen) atoms. The fourth-order valence-corrected chi connectivity index (χ4v) is 6.53. The van der Waals surface area contributed by atoms with E-state index in [0.717, 1.165) is 20.3 Å². The predicted octanol–water partition coefficient (Wildman–Crippen LogP) is 4.03. The molecule has 0 rings (SSSR count). The minimum absolute atomic E-state index is 0.677. The smallest absolute Gasteiger partial charge is 0.479 e. The third-order valence-corrected chi connectivity index (χ3v) is 10.6. The van der Waals surface area contributed by atoms with E-state index in [0.29, 0.717) is 59.5 Å². The molecule has 0 radical (unpaired) electrons. The highest BCUT2D eigenvalue weighted by Crippen LogP contribution is 1.92. The second kappa shape index (κ2) is 50.3. The lowest BCUT2D eigenvalue weighted by Gasteiger charge is -2.08. The van der Waals surface area contributed by atoms with Crippen molar-refractivity contribution < 1.29 is 46.8 Å². The van der Waals surface area contributed by atoms with Crippen LogP contribution in [0.5, 0.6) is 0 Å². The molecule has 0 aliphatic carbocycles. The van der Waals surface area contributed by atoms with Gasteiger partial charge in [0.1, 0.15) is 0 Å². The van der Waals surface area contributed by atoms with E-state index in [1.165, 1.54) is 0 Å². The van der Waals surface area contributed by atoms with Crippen molar-refractivity contribution in [3.05, 3.63) is 0 Å². The average molecular weight is 651 g/mol. The van der Waals surface area contributed by atoms with E-state index in [1.54, 1.807) is 0 Å². The van der Waals surface area contributed by atoms with E-state index in [1.807, 2.05) is 81.9 Å². The van der Waals surface area contributed by atoms with Gasteiger partial charge in [0.25, 0.3) is 0 Å². The quantitative estimate of drug-likeness (QED) is 0.170. The van der Waals surface area contributed by atoms with E-state index >= 15 is 0 Å². The summed E-state index contributed by atoms with van der Waals surface area (Å²) in [5.74, 6) is 2.03. The first kappa shape index (κ1) is 51.2. The summed E-state index contributed by atoms with van der Waals surface area (Å²) < 4.78 is 57.4. The Morgan fingerprint density at radius 1 is 0.300 bits per heavy atom. The van der Waals surface area contributed by atoms with Gasteiger partial charge >= 0.3 is 60.3 Å². The van der Waals surface area contributed by atoms with Gasteiger partial charge in [-0.05, 0) is 76.2 Å². The van der Waals surface area contributed by atoms with Crippen LogP contribution in [0.2, 0.25) is 5.79 Å². The van der Waals surface area contributed by atoms with Gasteiger partial charge in [-0.15, -0.1) is 0 Å². The summed E-state index contributed by atoms with van der Waals surface area (Å²) >= 11 is -6.40. The molecule has 0 amide bonds. The largest absolute Gasteiger partial charge is 0.905 e. The van der Waals surface area contributed by atoms with Gasteiger partial charge in [0.15, 0.2) is 0 Å². The third-order valence-electron chi connectivity index (χ3n) is 3.53. The Bertz CT molecular complexity index is 306. The van der Waals surface area contributed by atoms with Crippen LogP contribution >= 0.6 is 0 Å². The van der Waals surface area contributed by atoms with Crippen molar-refractivity contribution in [1.82, 2.24) is 0 Å². The predicted molar refractivity (Wildman–Crippen MR) is 165 cm³/mol. The van der Waals surface area contributed by atoms with E-state index < -0.39 is 60.3 Å². The van der Waals surface area contributed by atoms with Crippen LogP contribution in [0.4, 0.5) is 0 Å². The van der Waals surface area contributed by atoms with Crippen LogP contribution < -0.4 is 0 Å². The minimum Gasteiger partial charge on any atom is -0.479 e. The number of rotatable bonds is 22. The molecule has 0 heterocycles. The molecule has 0 bridgehead atoms. The number of aliphatic hydroxyl groups is 1. The molecule has 0 saturated heterocycles. The zero-order valence-corrected chi connectivity index (χ0v) is 32.6. The van der Waals surface area contributed by atoms with Gasteiger partial charge in [-0.3, -0.25) is 0 Å². The molecule has 0 spiro atoms. The molecule has 1 N–H and O–H groups in total. The molecule has 0 aliphatic rings. The van der Waals surface area contributed by atoms with Crippen LogP contribution in [0, 0.1) is 0 Å². The Kier molecular flexibility index (Phi) is 64.4. The summed E-state index contributed by atoms with van der Waals surface area (Å²) in [6, 6.07) is 0. The molecule has 16 heteroatoms. The molecule has 0 fully saturated rings. The molecule has 12 nitrogen and oxygen atoms in total. The zero-order chi connectivity index (χ0) is 31.9. The van der Waals surface area contributed by atoms with Crippen LogP contribution in [-0.2, 0) is 41.7 Å². The van der Waals surface area contributed by atoms with Crippen LogP contribution in [0.1, 0.15) is 76.2 Å². The van der Waals surface area contributed by atoms with Crippen LogP contribution in [0.3, 0.4) is 0 Å². The van der Waals surface area contributed by atoms with E-state index in [4.69, 9.17) is 46.8 Å². The summed E-state index contributed by atoms with van der Waals surface area (Å²) in [4.78, 5) is 0. The van der Waals surface area contributed by atoms with Gasteiger partial charge in [-0.1, -0.05) is 5.79 Å². The van der Waals surface area contributed by atoms with Gasteiger partial charge in [0, 0.05) is 79.8 Å².